The van der Waals surface area contributed by atoms with Crippen molar-refractivity contribution in [3.63, 3.8) is 0 Å². The van der Waals surface area contributed by atoms with E-state index < -0.39 is 0 Å². The van der Waals surface area contributed by atoms with Crippen molar-refractivity contribution in [3.8, 4) is 5.75 Å². The summed E-state index contributed by atoms with van der Waals surface area (Å²) in [5, 5.41) is 3.40. The van der Waals surface area contributed by atoms with Gasteiger partial charge in [0.25, 0.3) is 0 Å². The minimum absolute atomic E-state index is 0.397. The summed E-state index contributed by atoms with van der Waals surface area (Å²) in [5.74, 6) is 1.69. The maximum absolute atomic E-state index is 5.45. The van der Waals surface area contributed by atoms with Crippen molar-refractivity contribution >= 4 is 15.9 Å². The fourth-order valence-electron chi connectivity index (χ4n) is 2.45. The smallest absolute Gasteiger partial charge is 0.122 e. The Balaban J connectivity index is 2.25. The molecule has 2 nitrogen and oxygen atoms in total. The molecule has 1 N–H and O–H groups in total. The van der Waals surface area contributed by atoms with E-state index in [4.69, 9.17) is 4.74 Å². The number of methoxy groups -OCH3 is 1. The Bertz CT molecular complexity index is 399. The summed E-state index contributed by atoms with van der Waals surface area (Å²) >= 11 is 3.54. The van der Waals surface area contributed by atoms with Crippen LogP contribution in [0.15, 0.2) is 22.7 Å². The highest BCUT2D eigenvalue weighted by Crippen LogP contribution is 2.38. The van der Waals surface area contributed by atoms with Crippen molar-refractivity contribution in [2.24, 2.45) is 11.3 Å². The minimum Gasteiger partial charge on any atom is -0.496 e. The molecule has 0 unspecified atom stereocenters. The summed E-state index contributed by atoms with van der Waals surface area (Å²) in [5.41, 5.74) is 1.70. The predicted octanol–water partition coefficient (Wildman–Crippen LogP) is 3.25. The molecule has 3 heteroatoms. The lowest BCUT2D eigenvalue weighted by Crippen LogP contribution is -2.57. The first-order chi connectivity index (χ1) is 8.07. The van der Waals surface area contributed by atoms with Crippen molar-refractivity contribution in [2.75, 3.05) is 20.2 Å². The Labute approximate surface area is 112 Å². The number of nitrogens with one attached hydrogen (secondary N) is 1. The van der Waals surface area contributed by atoms with Crippen molar-refractivity contribution in [3.05, 3.63) is 28.2 Å². The summed E-state index contributed by atoms with van der Waals surface area (Å²) in [6.07, 6.45) is 1.08. The minimum atomic E-state index is 0.397. The third-order valence-corrected chi connectivity index (χ3v) is 4.46. The zero-order valence-corrected chi connectivity index (χ0v) is 12.3. The van der Waals surface area contributed by atoms with Crippen molar-refractivity contribution in [1.82, 2.24) is 5.32 Å². The van der Waals surface area contributed by atoms with Crippen LogP contribution in [0.1, 0.15) is 19.4 Å². The van der Waals surface area contributed by atoms with E-state index in [0.29, 0.717) is 11.3 Å². The second-order valence-corrected chi connectivity index (χ2v) is 6.17. The average Bonchev–Trinajstić information content (AvgIpc) is 2.23. The van der Waals surface area contributed by atoms with Crippen LogP contribution in [-0.2, 0) is 6.42 Å². The number of halogens is 1. The quantitative estimate of drug-likeness (QED) is 0.921. The lowest BCUT2D eigenvalue weighted by Gasteiger charge is -2.46. The first kappa shape index (κ1) is 12.9. The van der Waals surface area contributed by atoms with Gasteiger partial charge < -0.3 is 10.1 Å². The SMILES string of the molecule is COc1ccc(Br)cc1CC1(C(C)C)CNC1. The van der Waals surface area contributed by atoms with Crippen LogP contribution in [0.2, 0.25) is 0 Å². The zero-order chi connectivity index (χ0) is 12.5. The number of hydrogen-bond donors (Lipinski definition) is 1. The molecule has 0 amide bonds. The van der Waals surface area contributed by atoms with Crippen LogP contribution in [0.25, 0.3) is 0 Å². The monoisotopic (exact) mass is 297 g/mol. The molecule has 1 heterocycles. The molecule has 2 rings (SSSR count). The molecule has 0 bridgehead atoms. The van der Waals surface area contributed by atoms with E-state index in [-0.39, 0.29) is 0 Å². The van der Waals surface area contributed by atoms with Gasteiger partial charge in [0.05, 0.1) is 7.11 Å². The van der Waals surface area contributed by atoms with Gasteiger partial charge in [0.2, 0.25) is 0 Å². The highest BCUT2D eigenvalue weighted by molar-refractivity contribution is 9.10. The molecule has 0 aromatic heterocycles. The van der Waals surface area contributed by atoms with E-state index >= 15 is 0 Å². The second-order valence-electron chi connectivity index (χ2n) is 5.25. The van der Waals surface area contributed by atoms with Crippen LogP contribution in [0.3, 0.4) is 0 Å². The van der Waals surface area contributed by atoms with Crippen molar-refractivity contribution < 1.29 is 4.74 Å². The van der Waals surface area contributed by atoms with Crippen LogP contribution in [0, 0.1) is 11.3 Å². The van der Waals surface area contributed by atoms with Gasteiger partial charge in [-0.1, -0.05) is 29.8 Å². The van der Waals surface area contributed by atoms with Crippen molar-refractivity contribution in [1.29, 1.82) is 0 Å². The molecule has 1 aliphatic heterocycles. The predicted molar refractivity (Wildman–Crippen MR) is 74.5 cm³/mol. The highest BCUT2D eigenvalue weighted by atomic mass is 79.9. The maximum atomic E-state index is 5.45. The lowest BCUT2D eigenvalue weighted by atomic mass is 9.68. The van der Waals surface area contributed by atoms with Gasteiger partial charge in [0.15, 0.2) is 0 Å². The van der Waals surface area contributed by atoms with Crippen LogP contribution in [-0.4, -0.2) is 20.2 Å². The molecule has 0 radical (unpaired) electrons. The molecule has 0 atom stereocenters. The van der Waals surface area contributed by atoms with E-state index in [2.05, 4.69) is 41.2 Å². The van der Waals surface area contributed by atoms with Gasteiger partial charge in [0.1, 0.15) is 5.75 Å². The Hall–Kier alpha value is -0.540. The largest absolute Gasteiger partial charge is 0.496 e. The molecule has 17 heavy (non-hydrogen) atoms. The van der Waals surface area contributed by atoms with Crippen LogP contribution in [0.4, 0.5) is 0 Å². The lowest BCUT2D eigenvalue weighted by molar-refractivity contribution is 0.0985. The first-order valence-electron chi connectivity index (χ1n) is 6.10. The normalized spacial score (nSPS) is 17.9. The third kappa shape index (κ3) is 2.50. The van der Waals surface area contributed by atoms with Gasteiger partial charge in [-0.15, -0.1) is 0 Å². The zero-order valence-electron chi connectivity index (χ0n) is 10.7. The van der Waals surface area contributed by atoms with E-state index in [1.165, 1.54) is 5.56 Å². The number of benzene rings is 1. The van der Waals surface area contributed by atoms with E-state index in [0.717, 1.165) is 29.7 Å². The van der Waals surface area contributed by atoms with E-state index in [1.807, 2.05) is 12.1 Å². The standard InChI is InChI=1S/C14H20BrNO/c1-10(2)14(8-16-9-14)7-11-6-12(15)4-5-13(11)17-3/h4-6,10,16H,7-9H2,1-3H3. The molecule has 1 fully saturated rings. The topological polar surface area (TPSA) is 21.3 Å². The Morgan fingerprint density at radius 3 is 2.59 bits per heavy atom. The Kier molecular flexibility index (Phi) is 3.79. The molecule has 0 aliphatic carbocycles. The molecule has 0 saturated carbocycles. The van der Waals surface area contributed by atoms with Crippen molar-refractivity contribution in [2.45, 2.75) is 20.3 Å². The van der Waals surface area contributed by atoms with Gasteiger partial charge in [-0.25, -0.2) is 0 Å². The fraction of sp³-hybridized carbons (Fsp3) is 0.571. The summed E-state index contributed by atoms with van der Waals surface area (Å²) < 4.78 is 6.58. The number of ether oxygens (including phenoxy) is 1. The van der Waals surface area contributed by atoms with Crippen LogP contribution in [0.5, 0.6) is 5.75 Å². The molecule has 0 spiro atoms. The Morgan fingerprint density at radius 2 is 2.12 bits per heavy atom. The molecule has 1 aliphatic rings. The van der Waals surface area contributed by atoms with Gasteiger partial charge in [-0.2, -0.15) is 0 Å². The van der Waals surface area contributed by atoms with Gasteiger partial charge >= 0.3 is 0 Å². The van der Waals surface area contributed by atoms with E-state index in [9.17, 15) is 0 Å². The number of rotatable bonds is 4. The summed E-state index contributed by atoms with van der Waals surface area (Å²) in [6, 6.07) is 6.25. The van der Waals surface area contributed by atoms with Crippen LogP contribution >= 0.6 is 15.9 Å². The molecule has 1 saturated heterocycles. The fourth-order valence-corrected chi connectivity index (χ4v) is 2.86. The summed E-state index contributed by atoms with van der Waals surface area (Å²) in [4.78, 5) is 0. The molecule has 1 aromatic rings. The highest BCUT2D eigenvalue weighted by Gasteiger charge is 2.40. The molecule has 94 valence electrons. The van der Waals surface area contributed by atoms with Crippen LogP contribution < -0.4 is 10.1 Å². The Morgan fingerprint density at radius 1 is 1.41 bits per heavy atom. The van der Waals surface area contributed by atoms with Gasteiger partial charge in [-0.3, -0.25) is 0 Å². The maximum Gasteiger partial charge on any atom is 0.122 e. The average molecular weight is 298 g/mol. The third-order valence-electron chi connectivity index (χ3n) is 3.96. The summed E-state index contributed by atoms with van der Waals surface area (Å²) in [6.45, 7) is 6.84. The first-order valence-corrected chi connectivity index (χ1v) is 6.90. The van der Waals surface area contributed by atoms with Gasteiger partial charge in [-0.05, 0) is 36.1 Å². The molecular weight excluding hydrogens is 278 g/mol. The van der Waals surface area contributed by atoms with Gasteiger partial charge in [0, 0.05) is 23.0 Å². The molecular formula is C14H20BrNO. The molecule has 1 aromatic carbocycles. The summed E-state index contributed by atoms with van der Waals surface area (Å²) in [7, 11) is 1.74. The van der Waals surface area contributed by atoms with E-state index in [1.54, 1.807) is 7.11 Å². The number of hydrogen-bond acceptors (Lipinski definition) is 2. The second kappa shape index (κ2) is 4.99.